The molecule has 5 heteroatoms. The van der Waals surface area contributed by atoms with Crippen LogP contribution in [0.4, 0.5) is 4.79 Å². The minimum absolute atomic E-state index is 0.0980. The summed E-state index contributed by atoms with van der Waals surface area (Å²) in [5, 5.41) is -0.294. The van der Waals surface area contributed by atoms with E-state index in [4.69, 9.17) is 14.2 Å². The summed E-state index contributed by atoms with van der Waals surface area (Å²) in [6.45, 7) is 6.93. The Hall–Kier alpha value is -0.520. The van der Waals surface area contributed by atoms with Gasteiger partial charge in [0.25, 0.3) is 0 Å². The standard InChI is InChI=1S/C12H20O4S/c1-12(2,3)10-14-7-5-6-9(8-15-10)16-11(13)17-4/h5-6,9-10H,7-8H2,1-4H3/b6-5+. The van der Waals surface area contributed by atoms with Gasteiger partial charge in [-0.15, -0.1) is 0 Å². The topological polar surface area (TPSA) is 44.8 Å². The van der Waals surface area contributed by atoms with E-state index >= 15 is 0 Å². The third-order valence-corrected chi connectivity index (χ3v) is 2.66. The van der Waals surface area contributed by atoms with E-state index in [0.717, 1.165) is 11.8 Å². The van der Waals surface area contributed by atoms with Gasteiger partial charge in [0, 0.05) is 5.41 Å². The maximum Gasteiger partial charge on any atom is 0.367 e. The van der Waals surface area contributed by atoms with Crippen molar-refractivity contribution in [1.29, 1.82) is 0 Å². The van der Waals surface area contributed by atoms with Crippen molar-refractivity contribution in [3.63, 3.8) is 0 Å². The maximum atomic E-state index is 11.2. The molecule has 17 heavy (non-hydrogen) atoms. The van der Waals surface area contributed by atoms with E-state index < -0.39 is 0 Å². The predicted molar refractivity (Wildman–Crippen MR) is 68.1 cm³/mol. The highest BCUT2D eigenvalue weighted by atomic mass is 32.2. The number of hydrogen-bond acceptors (Lipinski definition) is 5. The summed E-state index contributed by atoms with van der Waals surface area (Å²) in [5.74, 6) is 0. The molecule has 0 aliphatic carbocycles. The summed E-state index contributed by atoms with van der Waals surface area (Å²) in [5.41, 5.74) is -0.0980. The Labute approximate surface area is 107 Å². The number of carbonyl (C=O) groups excluding carboxylic acids is 1. The highest BCUT2D eigenvalue weighted by Crippen LogP contribution is 2.24. The quantitative estimate of drug-likeness (QED) is 0.536. The van der Waals surface area contributed by atoms with Crippen LogP contribution >= 0.6 is 11.8 Å². The molecule has 0 spiro atoms. The lowest BCUT2D eigenvalue weighted by atomic mass is 9.96. The molecule has 1 aliphatic rings. The number of hydrogen-bond donors (Lipinski definition) is 0. The lowest BCUT2D eigenvalue weighted by Crippen LogP contribution is -2.36. The number of thioether (sulfide) groups is 1. The molecule has 0 aromatic rings. The number of rotatable bonds is 1. The van der Waals surface area contributed by atoms with Gasteiger partial charge in [-0.3, -0.25) is 0 Å². The lowest BCUT2D eigenvalue weighted by Gasteiger charge is -2.32. The molecule has 0 bridgehead atoms. The molecule has 1 aliphatic heterocycles. The Kier molecular flexibility index (Phi) is 5.49. The molecule has 2 atom stereocenters. The highest BCUT2D eigenvalue weighted by Gasteiger charge is 2.28. The minimum atomic E-state index is -0.330. The van der Waals surface area contributed by atoms with Crippen molar-refractivity contribution >= 4 is 17.1 Å². The number of ether oxygens (including phenoxy) is 3. The van der Waals surface area contributed by atoms with Gasteiger partial charge >= 0.3 is 5.30 Å². The van der Waals surface area contributed by atoms with Crippen LogP contribution in [0.1, 0.15) is 20.8 Å². The monoisotopic (exact) mass is 260 g/mol. The van der Waals surface area contributed by atoms with E-state index in [1.807, 2.05) is 26.8 Å². The van der Waals surface area contributed by atoms with Crippen molar-refractivity contribution < 1.29 is 19.0 Å². The van der Waals surface area contributed by atoms with Crippen LogP contribution in [0.15, 0.2) is 12.2 Å². The molecule has 2 unspecified atom stereocenters. The van der Waals surface area contributed by atoms with Crippen molar-refractivity contribution in [2.75, 3.05) is 19.5 Å². The van der Waals surface area contributed by atoms with Crippen LogP contribution < -0.4 is 0 Å². The molecule has 0 amide bonds. The van der Waals surface area contributed by atoms with Crippen LogP contribution in [0.3, 0.4) is 0 Å². The second kappa shape index (κ2) is 6.42. The van der Waals surface area contributed by atoms with Gasteiger partial charge in [0.05, 0.1) is 13.2 Å². The summed E-state index contributed by atoms with van der Waals surface area (Å²) in [4.78, 5) is 11.2. The largest absolute Gasteiger partial charge is 0.448 e. The van der Waals surface area contributed by atoms with Crippen molar-refractivity contribution in [2.45, 2.75) is 33.2 Å². The van der Waals surface area contributed by atoms with Gasteiger partial charge in [-0.2, -0.15) is 0 Å². The van der Waals surface area contributed by atoms with E-state index in [1.165, 1.54) is 0 Å². The molecular weight excluding hydrogens is 240 g/mol. The fourth-order valence-electron chi connectivity index (χ4n) is 1.38. The molecule has 98 valence electrons. The molecule has 0 aromatic heterocycles. The van der Waals surface area contributed by atoms with E-state index in [0.29, 0.717) is 13.2 Å². The molecule has 1 rings (SSSR count). The van der Waals surface area contributed by atoms with Crippen molar-refractivity contribution in [2.24, 2.45) is 5.41 Å². The Balaban J connectivity index is 2.56. The van der Waals surface area contributed by atoms with Crippen LogP contribution in [-0.2, 0) is 14.2 Å². The van der Waals surface area contributed by atoms with Gasteiger partial charge in [-0.25, -0.2) is 4.79 Å². The van der Waals surface area contributed by atoms with Gasteiger partial charge in [-0.05, 0) is 24.1 Å². The van der Waals surface area contributed by atoms with Gasteiger partial charge in [0.15, 0.2) is 6.29 Å². The van der Waals surface area contributed by atoms with E-state index in [9.17, 15) is 4.79 Å². The summed E-state index contributed by atoms with van der Waals surface area (Å²) in [7, 11) is 0. The van der Waals surface area contributed by atoms with E-state index in [2.05, 4.69) is 0 Å². The molecule has 0 N–H and O–H groups in total. The van der Waals surface area contributed by atoms with Gasteiger partial charge < -0.3 is 14.2 Å². The fraction of sp³-hybridized carbons (Fsp3) is 0.750. The third-order valence-electron chi connectivity index (χ3n) is 2.23. The van der Waals surface area contributed by atoms with Crippen molar-refractivity contribution in [1.82, 2.24) is 0 Å². The van der Waals surface area contributed by atoms with Crippen LogP contribution in [0.25, 0.3) is 0 Å². The molecule has 0 aromatic carbocycles. The van der Waals surface area contributed by atoms with Crippen LogP contribution in [-0.4, -0.2) is 37.2 Å². The first-order valence-corrected chi connectivity index (χ1v) is 6.80. The smallest absolute Gasteiger partial charge is 0.367 e. The summed E-state index contributed by atoms with van der Waals surface area (Å²) < 4.78 is 16.4. The zero-order valence-electron chi connectivity index (χ0n) is 10.8. The summed E-state index contributed by atoms with van der Waals surface area (Å²) in [6, 6.07) is 0. The Morgan fingerprint density at radius 3 is 2.71 bits per heavy atom. The van der Waals surface area contributed by atoms with Crippen LogP contribution in [0.5, 0.6) is 0 Å². The maximum absolute atomic E-state index is 11.2. The van der Waals surface area contributed by atoms with Crippen LogP contribution in [0.2, 0.25) is 0 Å². The zero-order valence-corrected chi connectivity index (χ0v) is 11.6. The molecule has 0 saturated heterocycles. The Morgan fingerprint density at radius 2 is 2.12 bits per heavy atom. The average molecular weight is 260 g/mol. The Morgan fingerprint density at radius 1 is 1.41 bits per heavy atom. The molecule has 1 heterocycles. The fourth-order valence-corrected chi connectivity index (χ4v) is 1.60. The van der Waals surface area contributed by atoms with Crippen LogP contribution in [0, 0.1) is 5.41 Å². The molecule has 0 radical (unpaired) electrons. The summed E-state index contributed by atoms with van der Waals surface area (Å²) >= 11 is 1.05. The lowest BCUT2D eigenvalue weighted by molar-refractivity contribution is -0.198. The van der Waals surface area contributed by atoms with Crippen molar-refractivity contribution in [3.05, 3.63) is 12.2 Å². The predicted octanol–water partition coefficient (Wildman–Crippen LogP) is 2.83. The summed E-state index contributed by atoms with van der Waals surface area (Å²) in [6.07, 6.45) is 4.73. The highest BCUT2D eigenvalue weighted by molar-refractivity contribution is 8.12. The Bertz CT molecular complexity index is 283. The van der Waals surface area contributed by atoms with Crippen molar-refractivity contribution in [3.8, 4) is 0 Å². The second-order valence-corrected chi connectivity index (χ2v) is 5.64. The third kappa shape index (κ3) is 5.10. The normalized spacial score (nSPS) is 28.0. The first-order valence-electron chi connectivity index (χ1n) is 5.58. The first kappa shape index (κ1) is 14.5. The van der Waals surface area contributed by atoms with E-state index in [-0.39, 0.29) is 23.1 Å². The van der Waals surface area contributed by atoms with Gasteiger partial charge in [-0.1, -0.05) is 26.8 Å². The SMILES string of the molecule is CSC(=O)OC1/C=C/COC(C(C)(C)C)OC1. The second-order valence-electron chi connectivity index (χ2n) is 4.90. The first-order chi connectivity index (χ1) is 7.93. The molecule has 0 saturated carbocycles. The van der Waals surface area contributed by atoms with Gasteiger partial charge in [0.2, 0.25) is 0 Å². The average Bonchev–Trinajstić information content (AvgIpc) is 2.20. The number of carbonyl (C=O) groups is 1. The van der Waals surface area contributed by atoms with E-state index in [1.54, 1.807) is 12.3 Å². The van der Waals surface area contributed by atoms with Gasteiger partial charge in [0.1, 0.15) is 6.10 Å². The zero-order chi connectivity index (χ0) is 12.9. The molecule has 0 fully saturated rings. The minimum Gasteiger partial charge on any atom is -0.448 e. The molecular formula is C12H20O4S. The molecule has 4 nitrogen and oxygen atoms in total.